The van der Waals surface area contributed by atoms with Gasteiger partial charge in [-0.15, -0.1) is 5.10 Å². The molecular weight excluding hydrogens is 505 g/mol. The lowest BCUT2D eigenvalue weighted by atomic mass is 10.2. The van der Waals surface area contributed by atoms with Gasteiger partial charge in [0.05, 0.1) is 17.1 Å². The molecule has 0 bridgehead atoms. The first-order valence-corrected chi connectivity index (χ1v) is 10.2. The van der Waals surface area contributed by atoms with Crippen LogP contribution in [0.2, 0.25) is 10.0 Å². The molecule has 0 unspecified atom stereocenters. The molecule has 1 heterocycles. The Morgan fingerprint density at radius 1 is 1.28 bits per heavy atom. The van der Waals surface area contributed by atoms with Gasteiger partial charge < -0.3 is 14.9 Å². The highest BCUT2D eigenvalue weighted by molar-refractivity contribution is 9.10. The van der Waals surface area contributed by atoms with Crippen LogP contribution in [-0.2, 0) is 4.79 Å². The van der Waals surface area contributed by atoms with Crippen LogP contribution in [-0.4, -0.2) is 38.5 Å². The van der Waals surface area contributed by atoms with E-state index >= 15 is 0 Å². The fourth-order valence-electron chi connectivity index (χ4n) is 2.35. The van der Waals surface area contributed by atoms with Gasteiger partial charge in [0.15, 0.2) is 5.82 Å². The number of nitrogens with zero attached hydrogens (tertiary/aromatic N) is 2. The van der Waals surface area contributed by atoms with Gasteiger partial charge in [-0.3, -0.25) is 5.10 Å². The largest absolute Gasteiger partial charge is 0.506 e. The van der Waals surface area contributed by atoms with Crippen LogP contribution in [0.3, 0.4) is 0 Å². The molecule has 0 atom stereocenters. The summed E-state index contributed by atoms with van der Waals surface area (Å²) in [6.07, 6.45) is 1.29. The number of methoxy groups -OCH3 is 1. The number of carbonyl (C=O) groups is 1. The Morgan fingerprint density at radius 2 is 2.03 bits per heavy atom. The second kappa shape index (κ2) is 9.08. The van der Waals surface area contributed by atoms with E-state index in [0.29, 0.717) is 31.7 Å². The van der Waals surface area contributed by atoms with E-state index in [0.717, 1.165) is 11.8 Å². The summed E-state index contributed by atoms with van der Waals surface area (Å²) in [7, 11) is 1.51. The van der Waals surface area contributed by atoms with Crippen LogP contribution in [0.25, 0.3) is 17.5 Å². The van der Waals surface area contributed by atoms with Crippen LogP contribution in [0, 0.1) is 0 Å². The fraction of sp³-hybridized carbons (Fsp3) is 0.0556. The average molecular weight is 517 g/mol. The molecule has 0 aliphatic carbocycles. The number of halogens is 3. The summed E-state index contributed by atoms with van der Waals surface area (Å²) >= 11 is 16.0. The maximum Gasteiger partial charge on any atom is 0.342 e. The van der Waals surface area contributed by atoms with Crippen molar-refractivity contribution in [1.29, 1.82) is 0 Å². The number of carboxylic acids is 1. The minimum atomic E-state index is -1.21. The Bertz CT molecular complexity index is 1120. The predicted octanol–water partition coefficient (Wildman–Crippen LogP) is 5.47. The van der Waals surface area contributed by atoms with Gasteiger partial charge in [0, 0.05) is 15.6 Å². The molecule has 0 saturated heterocycles. The van der Waals surface area contributed by atoms with Gasteiger partial charge >= 0.3 is 5.97 Å². The summed E-state index contributed by atoms with van der Waals surface area (Å²) in [5.41, 5.74) is 0.818. The molecule has 2 aromatic carbocycles. The number of nitrogens with one attached hydrogen (secondary N) is 1. The Kier molecular flexibility index (Phi) is 6.74. The smallest absolute Gasteiger partial charge is 0.342 e. The lowest BCUT2D eigenvalue weighted by molar-refractivity contribution is -0.131. The minimum absolute atomic E-state index is 0.113. The highest BCUT2D eigenvalue weighted by Crippen LogP contribution is 2.36. The van der Waals surface area contributed by atoms with Crippen molar-refractivity contribution >= 4 is 62.9 Å². The van der Waals surface area contributed by atoms with Crippen molar-refractivity contribution in [1.82, 2.24) is 15.2 Å². The average Bonchev–Trinajstić information content (AvgIpc) is 3.13. The third-order valence-electron chi connectivity index (χ3n) is 3.64. The Hall–Kier alpha value is -2.20. The summed E-state index contributed by atoms with van der Waals surface area (Å²) in [5.74, 6) is -0.444. The first-order valence-electron chi connectivity index (χ1n) is 7.85. The maximum absolute atomic E-state index is 11.7. The molecule has 3 rings (SSSR count). The van der Waals surface area contributed by atoms with Crippen LogP contribution >= 0.6 is 50.9 Å². The number of phenolic OH excluding ortho intramolecular Hbond substituents is 1. The topological polar surface area (TPSA) is 108 Å². The molecule has 3 N–H and O–H groups in total. The number of aromatic amines is 1. The van der Waals surface area contributed by atoms with E-state index in [2.05, 4.69) is 31.1 Å². The molecule has 150 valence electrons. The molecule has 0 saturated carbocycles. The van der Waals surface area contributed by atoms with Gasteiger partial charge in [-0.05, 0) is 64.1 Å². The van der Waals surface area contributed by atoms with Crippen molar-refractivity contribution in [2.24, 2.45) is 0 Å². The molecule has 0 amide bonds. The number of aromatic nitrogens is 3. The number of rotatable bonds is 6. The van der Waals surface area contributed by atoms with Gasteiger partial charge in [0.25, 0.3) is 0 Å². The number of thioether (sulfide) groups is 1. The SMILES string of the molecule is COc1ccc(Cl)cc1-c1nc(S/C(=C\c2cc(Cl)cc(Br)c2O)C(=O)O)n[nH]1. The Balaban J connectivity index is 1.95. The summed E-state index contributed by atoms with van der Waals surface area (Å²) in [5, 5.41) is 27.5. The van der Waals surface area contributed by atoms with Crippen molar-refractivity contribution in [2.75, 3.05) is 7.11 Å². The van der Waals surface area contributed by atoms with Gasteiger partial charge in [-0.1, -0.05) is 23.2 Å². The van der Waals surface area contributed by atoms with Crippen molar-refractivity contribution in [2.45, 2.75) is 5.16 Å². The van der Waals surface area contributed by atoms with Gasteiger partial charge in [0.1, 0.15) is 16.4 Å². The van der Waals surface area contributed by atoms with Gasteiger partial charge in [-0.25, -0.2) is 9.78 Å². The number of phenols is 1. The molecule has 0 aliphatic heterocycles. The monoisotopic (exact) mass is 515 g/mol. The molecule has 0 fully saturated rings. The van der Waals surface area contributed by atoms with Crippen LogP contribution in [0.5, 0.6) is 11.5 Å². The number of ether oxygens (including phenoxy) is 1. The highest BCUT2D eigenvalue weighted by Gasteiger charge is 2.17. The summed E-state index contributed by atoms with van der Waals surface area (Å²) < 4.78 is 5.64. The first kappa shape index (κ1) is 21.5. The van der Waals surface area contributed by atoms with E-state index in [1.165, 1.54) is 25.3 Å². The van der Waals surface area contributed by atoms with E-state index in [1.54, 1.807) is 18.2 Å². The van der Waals surface area contributed by atoms with Crippen LogP contribution in [0.1, 0.15) is 5.56 Å². The van der Waals surface area contributed by atoms with Crippen molar-refractivity contribution < 1.29 is 19.7 Å². The fourth-order valence-corrected chi connectivity index (χ4v) is 4.05. The van der Waals surface area contributed by atoms with E-state index in [-0.39, 0.29) is 21.4 Å². The number of H-pyrrole nitrogens is 1. The number of carboxylic acid groups (broad SMARTS) is 1. The number of aromatic hydroxyl groups is 1. The lowest BCUT2D eigenvalue weighted by Gasteiger charge is -2.06. The summed E-state index contributed by atoms with van der Waals surface area (Å²) in [6.45, 7) is 0. The predicted molar refractivity (Wildman–Crippen MR) is 116 cm³/mol. The number of aliphatic carboxylic acids is 1. The number of benzene rings is 2. The zero-order chi connectivity index (χ0) is 21.1. The van der Waals surface area contributed by atoms with Crippen LogP contribution < -0.4 is 4.74 Å². The van der Waals surface area contributed by atoms with E-state index in [1.807, 2.05) is 0 Å². The standard InChI is InChI=1S/C18H12BrCl2N3O4S/c1-28-13-3-2-9(20)6-11(13)16-22-18(24-23-16)29-14(17(26)27)5-8-4-10(21)7-12(19)15(8)25/h2-7,25H,1H3,(H,26,27)(H,22,23,24)/b14-5-. The molecule has 3 aromatic rings. The minimum Gasteiger partial charge on any atom is -0.506 e. The number of hydrogen-bond donors (Lipinski definition) is 3. The molecule has 0 radical (unpaired) electrons. The van der Waals surface area contributed by atoms with E-state index in [4.69, 9.17) is 27.9 Å². The second-order valence-corrected chi connectivity index (χ2v) is 8.29. The molecule has 11 heteroatoms. The van der Waals surface area contributed by atoms with Crippen molar-refractivity contribution in [3.63, 3.8) is 0 Å². The van der Waals surface area contributed by atoms with Crippen LogP contribution in [0.4, 0.5) is 0 Å². The normalized spacial score (nSPS) is 11.5. The van der Waals surface area contributed by atoms with Crippen molar-refractivity contribution in [3.05, 3.63) is 55.3 Å². The molecule has 0 aliphatic rings. The van der Waals surface area contributed by atoms with E-state index in [9.17, 15) is 15.0 Å². The van der Waals surface area contributed by atoms with E-state index < -0.39 is 5.97 Å². The van der Waals surface area contributed by atoms with Gasteiger partial charge in [-0.2, -0.15) is 0 Å². The lowest BCUT2D eigenvalue weighted by Crippen LogP contribution is -1.97. The maximum atomic E-state index is 11.7. The second-order valence-electron chi connectivity index (χ2n) is 5.55. The molecule has 29 heavy (non-hydrogen) atoms. The first-order chi connectivity index (χ1) is 13.8. The van der Waals surface area contributed by atoms with Crippen molar-refractivity contribution in [3.8, 4) is 22.9 Å². The zero-order valence-electron chi connectivity index (χ0n) is 14.6. The van der Waals surface area contributed by atoms with Crippen LogP contribution in [0.15, 0.2) is 44.9 Å². The quantitative estimate of drug-likeness (QED) is 0.294. The third-order valence-corrected chi connectivity index (χ3v) is 5.57. The summed E-state index contributed by atoms with van der Waals surface area (Å²) in [6, 6.07) is 7.98. The Labute approximate surface area is 187 Å². The summed E-state index contributed by atoms with van der Waals surface area (Å²) in [4.78, 5) is 15.9. The highest BCUT2D eigenvalue weighted by atomic mass is 79.9. The molecule has 1 aromatic heterocycles. The Morgan fingerprint density at radius 3 is 2.72 bits per heavy atom. The number of hydrogen-bond acceptors (Lipinski definition) is 6. The zero-order valence-corrected chi connectivity index (χ0v) is 18.5. The van der Waals surface area contributed by atoms with Gasteiger partial charge in [0.2, 0.25) is 5.16 Å². The molecule has 0 spiro atoms. The molecular formula is C18H12BrCl2N3O4S. The third kappa shape index (κ3) is 5.05. The molecule has 7 nitrogen and oxygen atoms in total.